The van der Waals surface area contributed by atoms with Gasteiger partial charge in [-0.1, -0.05) is 0 Å². The van der Waals surface area contributed by atoms with Gasteiger partial charge in [0.15, 0.2) is 0 Å². The lowest BCUT2D eigenvalue weighted by Crippen LogP contribution is -2.50. The van der Waals surface area contributed by atoms with Gasteiger partial charge in [0, 0.05) is 12.1 Å². The Balaban J connectivity index is 2.48. The number of ether oxygens (including phenoxy) is 1. The minimum atomic E-state index is -0.244. The van der Waals surface area contributed by atoms with Crippen LogP contribution >= 0.6 is 0 Å². The average Bonchev–Trinajstić information content (AvgIpc) is 2.51. The topological polar surface area (TPSA) is 49.8 Å². The number of morpholine rings is 1. The van der Waals surface area contributed by atoms with Gasteiger partial charge in [-0.15, -0.1) is 0 Å². The zero-order chi connectivity index (χ0) is 15.7. The number of hydrogen-bond donors (Lipinski definition) is 1. The Morgan fingerprint density at radius 3 is 2.14 bits per heavy atom. The Kier molecular flexibility index (Phi) is 4.69. The van der Waals surface area contributed by atoms with Gasteiger partial charge in [0.1, 0.15) is 0 Å². The molecule has 1 saturated heterocycles. The summed E-state index contributed by atoms with van der Waals surface area (Å²) in [6.07, 6.45) is 0. The first-order valence-corrected chi connectivity index (χ1v) is 7.46. The Morgan fingerprint density at radius 1 is 1.10 bits per heavy atom. The third-order valence-electron chi connectivity index (χ3n) is 4.91. The number of aliphatic hydroxyl groups is 1. The fourth-order valence-electron chi connectivity index (χ4n) is 3.04. The van der Waals surface area contributed by atoms with Crippen molar-refractivity contribution in [3.63, 3.8) is 0 Å². The molecule has 0 radical (unpaired) electrons. The molecule has 1 N–H and O–H groups in total. The Labute approximate surface area is 126 Å². The number of carbonyl (C=O) groups is 1. The summed E-state index contributed by atoms with van der Waals surface area (Å²) >= 11 is 0. The van der Waals surface area contributed by atoms with Crippen molar-refractivity contribution in [2.24, 2.45) is 0 Å². The summed E-state index contributed by atoms with van der Waals surface area (Å²) in [7, 11) is 0. The zero-order valence-electron chi connectivity index (χ0n) is 13.6. The molecule has 1 aliphatic heterocycles. The summed E-state index contributed by atoms with van der Waals surface area (Å²) in [5.74, 6) is 0.0125. The predicted octanol–water partition coefficient (Wildman–Crippen LogP) is 2.06. The summed E-state index contributed by atoms with van der Waals surface area (Å²) in [6, 6.07) is -0.244. The number of aliphatic hydroxyl groups excluding tert-OH is 1. The van der Waals surface area contributed by atoms with Gasteiger partial charge < -0.3 is 14.7 Å². The normalized spacial score (nSPS) is 19.0. The highest BCUT2D eigenvalue weighted by molar-refractivity contribution is 5.98. The SMILES string of the molecule is Cc1c(C)c(C)c(C(=O)N2CCOCC2CO)c(C)c1C. The van der Waals surface area contributed by atoms with Crippen molar-refractivity contribution in [3.05, 3.63) is 33.4 Å². The number of rotatable bonds is 2. The average molecular weight is 291 g/mol. The lowest BCUT2D eigenvalue weighted by Gasteiger charge is -2.35. The molecule has 2 rings (SSSR count). The minimum Gasteiger partial charge on any atom is -0.394 e. The van der Waals surface area contributed by atoms with Crippen molar-refractivity contribution in [3.8, 4) is 0 Å². The van der Waals surface area contributed by atoms with Crippen LogP contribution in [0.5, 0.6) is 0 Å². The molecular weight excluding hydrogens is 266 g/mol. The molecule has 1 aromatic rings. The van der Waals surface area contributed by atoms with E-state index in [1.807, 2.05) is 13.8 Å². The van der Waals surface area contributed by atoms with Gasteiger partial charge in [-0.2, -0.15) is 0 Å². The van der Waals surface area contributed by atoms with E-state index in [1.54, 1.807) is 4.90 Å². The van der Waals surface area contributed by atoms with Crippen molar-refractivity contribution in [1.82, 2.24) is 4.90 Å². The molecule has 1 aliphatic rings. The molecule has 0 aromatic heterocycles. The highest BCUT2D eigenvalue weighted by atomic mass is 16.5. The van der Waals surface area contributed by atoms with E-state index in [0.29, 0.717) is 19.8 Å². The minimum absolute atomic E-state index is 0.0125. The first kappa shape index (κ1) is 16.0. The largest absolute Gasteiger partial charge is 0.394 e. The van der Waals surface area contributed by atoms with E-state index in [0.717, 1.165) is 16.7 Å². The number of nitrogens with zero attached hydrogens (tertiary/aromatic N) is 1. The van der Waals surface area contributed by atoms with Crippen molar-refractivity contribution in [1.29, 1.82) is 0 Å². The molecule has 1 aromatic carbocycles. The molecule has 4 heteroatoms. The van der Waals surface area contributed by atoms with Gasteiger partial charge in [-0.25, -0.2) is 0 Å². The van der Waals surface area contributed by atoms with E-state index in [1.165, 1.54) is 16.7 Å². The molecule has 1 amide bonds. The molecule has 4 nitrogen and oxygen atoms in total. The van der Waals surface area contributed by atoms with E-state index in [4.69, 9.17) is 4.74 Å². The van der Waals surface area contributed by atoms with Crippen LogP contribution in [0.1, 0.15) is 38.2 Å². The van der Waals surface area contributed by atoms with E-state index >= 15 is 0 Å². The second-order valence-corrected chi connectivity index (χ2v) is 5.91. The number of amides is 1. The summed E-state index contributed by atoms with van der Waals surface area (Å²) in [5.41, 5.74) is 6.48. The van der Waals surface area contributed by atoms with Crippen LogP contribution in [0.3, 0.4) is 0 Å². The van der Waals surface area contributed by atoms with E-state index in [-0.39, 0.29) is 18.6 Å². The van der Waals surface area contributed by atoms with Crippen molar-refractivity contribution in [2.45, 2.75) is 40.7 Å². The third-order valence-corrected chi connectivity index (χ3v) is 4.91. The molecule has 1 unspecified atom stereocenters. The van der Waals surface area contributed by atoms with Crippen molar-refractivity contribution in [2.75, 3.05) is 26.4 Å². The highest BCUT2D eigenvalue weighted by Gasteiger charge is 2.30. The smallest absolute Gasteiger partial charge is 0.254 e. The molecule has 0 aliphatic carbocycles. The maximum atomic E-state index is 13.0. The maximum Gasteiger partial charge on any atom is 0.254 e. The van der Waals surface area contributed by atoms with E-state index in [9.17, 15) is 9.90 Å². The molecule has 1 atom stereocenters. The standard InChI is InChI=1S/C17H25NO3/c1-10-11(2)13(4)16(14(5)12(10)3)17(20)18-6-7-21-9-15(18)8-19/h15,19H,6-9H2,1-5H3. The lowest BCUT2D eigenvalue weighted by atomic mass is 9.89. The summed E-state index contributed by atoms with van der Waals surface area (Å²) < 4.78 is 5.36. The molecule has 0 bridgehead atoms. The van der Waals surface area contributed by atoms with Crippen LogP contribution in [-0.2, 0) is 4.74 Å². The predicted molar refractivity (Wildman–Crippen MR) is 82.9 cm³/mol. The first-order chi connectivity index (χ1) is 9.90. The molecule has 0 spiro atoms. The number of carbonyl (C=O) groups excluding carboxylic acids is 1. The maximum absolute atomic E-state index is 13.0. The Morgan fingerprint density at radius 2 is 1.62 bits per heavy atom. The van der Waals surface area contributed by atoms with Crippen LogP contribution in [0, 0.1) is 34.6 Å². The Hall–Kier alpha value is -1.39. The van der Waals surface area contributed by atoms with E-state index in [2.05, 4.69) is 20.8 Å². The quantitative estimate of drug-likeness (QED) is 0.907. The van der Waals surface area contributed by atoms with Gasteiger partial charge in [0.25, 0.3) is 5.91 Å². The Bertz CT molecular complexity index is 537. The second-order valence-electron chi connectivity index (χ2n) is 5.91. The van der Waals surface area contributed by atoms with Gasteiger partial charge in [0.05, 0.1) is 25.9 Å². The molecule has 21 heavy (non-hydrogen) atoms. The summed E-state index contributed by atoms with van der Waals surface area (Å²) in [4.78, 5) is 14.7. The van der Waals surface area contributed by atoms with Crippen LogP contribution in [-0.4, -0.2) is 48.3 Å². The van der Waals surface area contributed by atoms with Gasteiger partial charge in [-0.3, -0.25) is 4.79 Å². The fraction of sp³-hybridized carbons (Fsp3) is 0.588. The summed E-state index contributed by atoms with van der Waals surface area (Å²) in [6.45, 7) is 11.7. The first-order valence-electron chi connectivity index (χ1n) is 7.46. The van der Waals surface area contributed by atoms with Crippen LogP contribution in [0.15, 0.2) is 0 Å². The number of hydrogen-bond acceptors (Lipinski definition) is 3. The van der Waals surface area contributed by atoms with Gasteiger partial charge in [-0.05, 0) is 62.4 Å². The highest BCUT2D eigenvalue weighted by Crippen LogP contribution is 2.28. The van der Waals surface area contributed by atoms with Crippen molar-refractivity contribution < 1.29 is 14.6 Å². The molecule has 1 fully saturated rings. The van der Waals surface area contributed by atoms with Crippen LogP contribution in [0.2, 0.25) is 0 Å². The third kappa shape index (κ3) is 2.70. The molecule has 116 valence electrons. The van der Waals surface area contributed by atoms with Crippen molar-refractivity contribution >= 4 is 5.91 Å². The van der Waals surface area contributed by atoms with E-state index < -0.39 is 0 Å². The fourth-order valence-corrected chi connectivity index (χ4v) is 3.04. The second kappa shape index (κ2) is 6.16. The lowest BCUT2D eigenvalue weighted by molar-refractivity contribution is -0.0184. The molecule has 0 saturated carbocycles. The van der Waals surface area contributed by atoms with Gasteiger partial charge >= 0.3 is 0 Å². The van der Waals surface area contributed by atoms with Crippen LogP contribution in [0.25, 0.3) is 0 Å². The summed E-state index contributed by atoms with van der Waals surface area (Å²) in [5, 5.41) is 9.48. The molecule has 1 heterocycles. The monoisotopic (exact) mass is 291 g/mol. The number of benzene rings is 1. The van der Waals surface area contributed by atoms with Gasteiger partial charge in [0.2, 0.25) is 0 Å². The van der Waals surface area contributed by atoms with Crippen LogP contribution < -0.4 is 0 Å². The molecular formula is C17H25NO3. The van der Waals surface area contributed by atoms with Crippen LogP contribution in [0.4, 0.5) is 0 Å². The zero-order valence-corrected chi connectivity index (χ0v) is 13.6.